The number of nitrogens with zero attached hydrogens (tertiary/aromatic N) is 3. The standard InChI is InChI=1S/C16H25FN4O/c1-12-10-18-5-7-21(12)14-8-15(17)19-16(9-14)22-11-13-4-3-6-20(13)2/h8-9,12-13,18H,3-7,10-11H2,1-2H3/t12-,13-/m0/s1. The van der Waals surface area contributed by atoms with Gasteiger partial charge in [0, 0.05) is 49.5 Å². The second kappa shape index (κ2) is 6.79. The van der Waals surface area contributed by atoms with Gasteiger partial charge in [0.1, 0.15) is 6.61 Å². The van der Waals surface area contributed by atoms with E-state index in [0.29, 0.717) is 24.6 Å². The van der Waals surface area contributed by atoms with Crippen molar-refractivity contribution in [1.82, 2.24) is 15.2 Å². The second-order valence-electron chi connectivity index (χ2n) is 6.32. The van der Waals surface area contributed by atoms with Gasteiger partial charge in [0.25, 0.3) is 0 Å². The number of hydrogen-bond acceptors (Lipinski definition) is 5. The van der Waals surface area contributed by atoms with Gasteiger partial charge in [-0.1, -0.05) is 0 Å². The van der Waals surface area contributed by atoms with Gasteiger partial charge in [0.05, 0.1) is 0 Å². The van der Waals surface area contributed by atoms with Gasteiger partial charge in [0.2, 0.25) is 11.8 Å². The average Bonchev–Trinajstić information content (AvgIpc) is 2.90. The Morgan fingerprint density at radius 1 is 1.41 bits per heavy atom. The molecule has 22 heavy (non-hydrogen) atoms. The van der Waals surface area contributed by atoms with Crippen molar-refractivity contribution in [2.75, 3.05) is 44.7 Å². The van der Waals surface area contributed by atoms with Crippen LogP contribution >= 0.6 is 0 Å². The Morgan fingerprint density at radius 2 is 2.27 bits per heavy atom. The van der Waals surface area contributed by atoms with Crippen molar-refractivity contribution < 1.29 is 9.13 Å². The summed E-state index contributed by atoms with van der Waals surface area (Å²) in [4.78, 5) is 8.38. The molecule has 0 aliphatic carbocycles. The number of likely N-dealkylation sites (tertiary alicyclic amines) is 1. The zero-order chi connectivity index (χ0) is 15.5. The summed E-state index contributed by atoms with van der Waals surface area (Å²) in [5.74, 6) is -0.0842. The maximum absolute atomic E-state index is 13.8. The van der Waals surface area contributed by atoms with Gasteiger partial charge in [-0.25, -0.2) is 0 Å². The third-order valence-corrected chi connectivity index (χ3v) is 4.68. The normalized spacial score (nSPS) is 26.4. The summed E-state index contributed by atoms with van der Waals surface area (Å²) >= 11 is 0. The van der Waals surface area contributed by atoms with Crippen molar-refractivity contribution in [3.63, 3.8) is 0 Å². The summed E-state index contributed by atoms with van der Waals surface area (Å²) < 4.78 is 19.6. The Kier molecular flexibility index (Phi) is 4.78. The van der Waals surface area contributed by atoms with Crippen molar-refractivity contribution in [1.29, 1.82) is 0 Å². The number of nitrogens with one attached hydrogen (secondary N) is 1. The highest BCUT2D eigenvalue weighted by Gasteiger charge is 2.23. The summed E-state index contributed by atoms with van der Waals surface area (Å²) in [5, 5.41) is 3.34. The number of rotatable bonds is 4. The molecule has 2 aliphatic rings. The van der Waals surface area contributed by atoms with Crippen LogP contribution in [-0.4, -0.2) is 61.8 Å². The molecule has 2 aliphatic heterocycles. The minimum atomic E-state index is -0.474. The fraction of sp³-hybridized carbons (Fsp3) is 0.688. The van der Waals surface area contributed by atoms with Gasteiger partial charge in [-0.2, -0.15) is 9.37 Å². The average molecular weight is 308 g/mol. The first-order valence-corrected chi connectivity index (χ1v) is 8.11. The predicted molar refractivity (Wildman–Crippen MR) is 85.0 cm³/mol. The molecular formula is C16H25FN4O. The largest absolute Gasteiger partial charge is 0.476 e. The molecule has 0 unspecified atom stereocenters. The first-order chi connectivity index (χ1) is 10.6. The third kappa shape index (κ3) is 3.50. The minimum Gasteiger partial charge on any atom is -0.476 e. The van der Waals surface area contributed by atoms with Gasteiger partial charge in [-0.15, -0.1) is 0 Å². The number of aromatic nitrogens is 1. The molecule has 122 valence electrons. The zero-order valence-electron chi connectivity index (χ0n) is 13.4. The van der Waals surface area contributed by atoms with E-state index in [-0.39, 0.29) is 0 Å². The Hall–Kier alpha value is -1.40. The fourth-order valence-corrected chi connectivity index (χ4v) is 3.30. The van der Waals surface area contributed by atoms with Gasteiger partial charge >= 0.3 is 0 Å². The molecule has 5 nitrogen and oxygen atoms in total. The highest BCUT2D eigenvalue weighted by atomic mass is 19.1. The van der Waals surface area contributed by atoms with Crippen molar-refractivity contribution in [2.24, 2.45) is 0 Å². The molecule has 2 fully saturated rings. The molecule has 0 aromatic carbocycles. The topological polar surface area (TPSA) is 40.6 Å². The number of piperazine rings is 1. The monoisotopic (exact) mass is 308 g/mol. The Balaban J connectivity index is 1.69. The molecule has 3 heterocycles. The lowest BCUT2D eigenvalue weighted by molar-refractivity contribution is 0.192. The van der Waals surface area contributed by atoms with Gasteiger partial charge in [0.15, 0.2) is 0 Å². The number of hydrogen-bond donors (Lipinski definition) is 1. The third-order valence-electron chi connectivity index (χ3n) is 4.68. The van der Waals surface area contributed by atoms with Crippen LogP contribution in [0.15, 0.2) is 12.1 Å². The number of likely N-dealkylation sites (N-methyl/N-ethyl adjacent to an activating group) is 1. The number of anilines is 1. The lowest BCUT2D eigenvalue weighted by Gasteiger charge is -2.35. The fourth-order valence-electron chi connectivity index (χ4n) is 3.30. The van der Waals surface area contributed by atoms with Crippen LogP contribution in [0, 0.1) is 5.95 Å². The molecule has 0 bridgehead atoms. The molecule has 3 rings (SSSR count). The zero-order valence-corrected chi connectivity index (χ0v) is 13.4. The van der Waals surface area contributed by atoms with Crippen molar-refractivity contribution in [3.05, 3.63) is 18.1 Å². The van der Waals surface area contributed by atoms with E-state index >= 15 is 0 Å². The van der Waals surface area contributed by atoms with Crippen LogP contribution in [0.4, 0.5) is 10.1 Å². The lowest BCUT2D eigenvalue weighted by atomic mass is 10.2. The van der Waals surface area contributed by atoms with Crippen LogP contribution in [-0.2, 0) is 0 Å². The Bertz CT molecular complexity index is 513. The molecule has 0 amide bonds. The van der Waals surface area contributed by atoms with E-state index < -0.39 is 5.95 Å². The number of halogens is 1. The van der Waals surface area contributed by atoms with Crippen LogP contribution in [0.25, 0.3) is 0 Å². The number of ether oxygens (including phenoxy) is 1. The van der Waals surface area contributed by atoms with Crippen molar-refractivity contribution in [2.45, 2.75) is 31.8 Å². The smallest absolute Gasteiger partial charge is 0.218 e. The van der Waals surface area contributed by atoms with Crippen molar-refractivity contribution >= 4 is 5.69 Å². The summed E-state index contributed by atoms with van der Waals surface area (Å²) in [6.07, 6.45) is 2.33. The van der Waals surface area contributed by atoms with Crippen LogP contribution in [0.2, 0.25) is 0 Å². The van der Waals surface area contributed by atoms with Crippen LogP contribution in [0.3, 0.4) is 0 Å². The molecule has 0 spiro atoms. The Labute approximate surface area is 131 Å². The predicted octanol–water partition coefficient (Wildman–Crippen LogP) is 1.49. The van der Waals surface area contributed by atoms with Gasteiger partial charge < -0.3 is 19.9 Å². The van der Waals surface area contributed by atoms with Gasteiger partial charge in [-0.3, -0.25) is 0 Å². The highest BCUT2D eigenvalue weighted by molar-refractivity contribution is 5.50. The van der Waals surface area contributed by atoms with Crippen LogP contribution < -0.4 is 15.0 Å². The maximum atomic E-state index is 13.8. The van der Waals surface area contributed by atoms with E-state index in [0.717, 1.165) is 38.3 Å². The number of pyridine rings is 1. The van der Waals surface area contributed by atoms with E-state index in [9.17, 15) is 4.39 Å². The summed E-state index contributed by atoms with van der Waals surface area (Å²) in [6.45, 7) is 6.51. The highest BCUT2D eigenvalue weighted by Crippen LogP contribution is 2.24. The quantitative estimate of drug-likeness (QED) is 0.854. The maximum Gasteiger partial charge on any atom is 0.218 e. The van der Waals surface area contributed by atoms with Crippen LogP contribution in [0.1, 0.15) is 19.8 Å². The summed E-state index contributed by atoms with van der Waals surface area (Å²) in [7, 11) is 2.11. The Morgan fingerprint density at radius 3 is 3.00 bits per heavy atom. The lowest BCUT2D eigenvalue weighted by Crippen LogP contribution is -2.50. The molecule has 1 aromatic heterocycles. The SMILES string of the molecule is C[C@H]1CNCCN1c1cc(F)nc(OC[C@@H]2CCCN2C)c1. The van der Waals surface area contributed by atoms with E-state index in [1.807, 2.05) is 6.07 Å². The van der Waals surface area contributed by atoms with E-state index in [1.54, 1.807) is 0 Å². The molecule has 2 saturated heterocycles. The molecule has 6 heteroatoms. The van der Waals surface area contributed by atoms with Gasteiger partial charge in [-0.05, 0) is 33.4 Å². The molecule has 2 atom stereocenters. The van der Waals surface area contributed by atoms with Crippen LogP contribution in [0.5, 0.6) is 5.88 Å². The first-order valence-electron chi connectivity index (χ1n) is 8.11. The summed E-state index contributed by atoms with van der Waals surface area (Å²) in [6, 6.07) is 4.10. The second-order valence-corrected chi connectivity index (χ2v) is 6.32. The molecular weight excluding hydrogens is 283 g/mol. The molecule has 1 N–H and O–H groups in total. The molecule has 1 aromatic rings. The van der Waals surface area contributed by atoms with Crippen molar-refractivity contribution in [3.8, 4) is 5.88 Å². The molecule has 0 saturated carbocycles. The minimum absolute atomic E-state index is 0.337. The first kappa shape index (κ1) is 15.5. The molecule has 0 radical (unpaired) electrons. The van der Waals surface area contributed by atoms with E-state index in [2.05, 4.69) is 34.1 Å². The van der Waals surface area contributed by atoms with E-state index in [1.165, 1.54) is 12.5 Å². The van der Waals surface area contributed by atoms with E-state index in [4.69, 9.17) is 4.74 Å². The summed E-state index contributed by atoms with van der Waals surface area (Å²) in [5.41, 5.74) is 0.858.